The summed E-state index contributed by atoms with van der Waals surface area (Å²) in [7, 11) is 1.89. The number of nitrogens with zero attached hydrogens (tertiary/aromatic N) is 3. The van der Waals surface area contributed by atoms with Crippen molar-refractivity contribution in [1.29, 1.82) is 0 Å². The van der Waals surface area contributed by atoms with Gasteiger partial charge in [-0.1, -0.05) is 11.3 Å². The summed E-state index contributed by atoms with van der Waals surface area (Å²) in [5, 5.41) is 23.8. The summed E-state index contributed by atoms with van der Waals surface area (Å²) >= 11 is 1.52. The summed E-state index contributed by atoms with van der Waals surface area (Å²) in [5.41, 5.74) is 1.63. The number of nitrogens with one attached hydrogen (secondary N) is 1. The van der Waals surface area contributed by atoms with Gasteiger partial charge in [-0.15, -0.1) is 10.2 Å². The fourth-order valence-corrected chi connectivity index (χ4v) is 2.53. The average Bonchev–Trinajstić information content (AvgIpc) is 2.84. The van der Waals surface area contributed by atoms with Gasteiger partial charge in [-0.3, -0.25) is 10.1 Å². The molecule has 6 nitrogen and oxygen atoms in total. The molecule has 1 aromatic carbocycles. The van der Waals surface area contributed by atoms with Crippen molar-refractivity contribution >= 4 is 17.0 Å². The number of aromatic nitrogens is 2. The van der Waals surface area contributed by atoms with Crippen LogP contribution < -0.4 is 5.32 Å². The van der Waals surface area contributed by atoms with Crippen molar-refractivity contribution in [1.82, 2.24) is 15.5 Å². The van der Waals surface area contributed by atoms with Crippen LogP contribution in [0.15, 0.2) is 18.2 Å². The van der Waals surface area contributed by atoms with Gasteiger partial charge in [-0.05, 0) is 26.1 Å². The normalized spacial score (nSPS) is 10.6. The molecule has 0 aliphatic carbocycles. The molecule has 0 atom stereocenters. The molecular formula is C12H14N4O2S. The number of hydrogen-bond acceptors (Lipinski definition) is 6. The Hall–Kier alpha value is -1.86. The second-order valence-electron chi connectivity index (χ2n) is 4.11. The second-order valence-corrected chi connectivity index (χ2v) is 5.17. The molecule has 0 unspecified atom stereocenters. The van der Waals surface area contributed by atoms with Crippen molar-refractivity contribution < 1.29 is 4.92 Å². The van der Waals surface area contributed by atoms with Crippen molar-refractivity contribution in [3.05, 3.63) is 38.9 Å². The highest BCUT2D eigenvalue weighted by Gasteiger charge is 2.13. The van der Waals surface area contributed by atoms with Crippen molar-refractivity contribution in [3.8, 4) is 10.6 Å². The van der Waals surface area contributed by atoms with Crippen molar-refractivity contribution in [2.75, 3.05) is 13.6 Å². The third kappa shape index (κ3) is 3.12. The van der Waals surface area contributed by atoms with Gasteiger partial charge in [0, 0.05) is 30.2 Å². The fraction of sp³-hybridized carbons (Fsp3) is 0.333. The minimum absolute atomic E-state index is 0.128. The van der Waals surface area contributed by atoms with E-state index in [2.05, 4.69) is 15.5 Å². The topological polar surface area (TPSA) is 81.0 Å². The second kappa shape index (κ2) is 5.85. The van der Waals surface area contributed by atoms with E-state index in [1.54, 1.807) is 19.1 Å². The molecule has 0 aliphatic heterocycles. The minimum Gasteiger partial charge on any atom is -0.319 e. The molecule has 0 saturated carbocycles. The van der Waals surface area contributed by atoms with Crippen LogP contribution in [0.25, 0.3) is 10.6 Å². The zero-order chi connectivity index (χ0) is 13.8. The van der Waals surface area contributed by atoms with Gasteiger partial charge in [0.1, 0.15) is 10.0 Å². The lowest BCUT2D eigenvalue weighted by Gasteiger charge is -1.99. The monoisotopic (exact) mass is 278 g/mol. The molecule has 0 aliphatic rings. The summed E-state index contributed by atoms with van der Waals surface area (Å²) in [6, 6.07) is 5.01. The van der Waals surface area contributed by atoms with Crippen LogP contribution in [0.2, 0.25) is 0 Å². The number of aryl methyl sites for hydroxylation is 1. The van der Waals surface area contributed by atoms with E-state index in [0.717, 1.165) is 28.5 Å². The Morgan fingerprint density at radius 3 is 2.84 bits per heavy atom. The molecule has 0 saturated heterocycles. The molecular weight excluding hydrogens is 264 g/mol. The molecule has 1 N–H and O–H groups in total. The van der Waals surface area contributed by atoms with Crippen LogP contribution in [0.4, 0.5) is 5.69 Å². The molecule has 2 rings (SSSR count). The minimum atomic E-state index is -0.377. The summed E-state index contributed by atoms with van der Waals surface area (Å²) in [6.45, 7) is 2.58. The van der Waals surface area contributed by atoms with Crippen molar-refractivity contribution in [2.45, 2.75) is 13.3 Å². The molecule has 0 fully saturated rings. The Morgan fingerprint density at radius 2 is 2.21 bits per heavy atom. The van der Waals surface area contributed by atoms with Crippen molar-refractivity contribution in [2.24, 2.45) is 0 Å². The number of rotatable bonds is 5. The Bertz CT molecular complexity index is 597. The van der Waals surface area contributed by atoms with Gasteiger partial charge in [0.2, 0.25) is 0 Å². The number of nitro groups is 1. The first-order chi connectivity index (χ1) is 9.11. The Labute approximate surface area is 114 Å². The smallest absolute Gasteiger partial charge is 0.272 e. The maximum Gasteiger partial charge on any atom is 0.272 e. The molecule has 2 aromatic rings. The maximum atomic E-state index is 10.8. The summed E-state index contributed by atoms with van der Waals surface area (Å²) in [4.78, 5) is 10.4. The molecule has 0 spiro atoms. The quantitative estimate of drug-likeness (QED) is 0.669. The predicted molar refractivity (Wildman–Crippen MR) is 74.4 cm³/mol. The van der Waals surface area contributed by atoms with E-state index in [9.17, 15) is 10.1 Å². The molecule has 1 heterocycles. The first kappa shape index (κ1) is 13.6. The molecule has 1 aromatic heterocycles. The van der Waals surface area contributed by atoms with Gasteiger partial charge in [-0.2, -0.15) is 0 Å². The van der Waals surface area contributed by atoms with Gasteiger partial charge < -0.3 is 5.32 Å². The van der Waals surface area contributed by atoms with Crippen LogP contribution >= 0.6 is 11.3 Å². The average molecular weight is 278 g/mol. The zero-order valence-corrected chi connectivity index (χ0v) is 11.5. The van der Waals surface area contributed by atoms with Crippen molar-refractivity contribution in [3.63, 3.8) is 0 Å². The molecule has 0 amide bonds. The first-order valence-corrected chi connectivity index (χ1v) is 6.66. The Kier molecular flexibility index (Phi) is 4.18. The van der Waals surface area contributed by atoms with Gasteiger partial charge in [0.25, 0.3) is 5.69 Å². The summed E-state index contributed by atoms with van der Waals surface area (Å²) in [6.07, 6.45) is 0.833. The highest BCUT2D eigenvalue weighted by atomic mass is 32.1. The molecule has 19 heavy (non-hydrogen) atoms. The zero-order valence-electron chi connectivity index (χ0n) is 10.7. The van der Waals surface area contributed by atoms with E-state index in [1.807, 2.05) is 7.05 Å². The van der Waals surface area contributed by atoms with E-state index in [-0.39, 0.29) is 10.6 Å². The number of benzene rings is 1. The Morgan fingerprint density at radius 1 is 1.42 bits per heavy atom. The van der Waals surface area contributed by atoms with Crippen LogP contribution in [-0.4, -0.2) is 28.7 Å². The van der Waals surface area contributed by atoms with Gasteiger partial charge in [0.15, 0.2) is 0 Å². The third-order valence-electron chi connectivity index (χ3n) is 2.70. The van der Waals surface area contributed by atoms with E-state index < -0.39 is 0 Å². The highest BCUT2D eigenvalue weighted by Crippen LogP contribution is 2.28. The molecule has 0 radical (unpaired) electrons. The number of nitro benzene ring substituents is 1. The van der Waals surface area contributed by atoms with E-state index in [1.165, 1.54) is 17.4 Å². The first-order valence-electron chi connectivity index (χ1n) is 5.84. The van der Waals surface area contributed by atoms with Gasteiger partial charge in [-0.25, -0.2) is 0 Å². The largest absolute Gasteiger partial charge is 0.319 e. The van der Waals surface area contributed by atoms with Gasteiger partial charge >= 0.3 is 0 Å². The van der Waals surface area contributed by atoms with Crippen LogP contribution in [0.1, 0.15) is 10.6 Å². The standard InChI is InChI=1S/C12H14N4O2S/c1-8-7-9(3-4-10(8)16(17)18)12-15-14-11(19-12)5-6-13-2/h3-4,7,13H,5-6H2,1-2H3. The summed E-state index contributed by atoms with van der Waals surface area (Å²) in [5.74, 6) is 0. The molecule has 100 valence electrons. The summed E-state index contributed by atoms with van der Waals surface area (Å²) < 4.78 is 0. The molecule has 0 bridgehead atoms. The third-order valence-corrected chi connectivity index (χ3v) is 3.73. The predicted octanol–water partition coefficient (Wildman–Crippen LogP) is 2.18. The number of hydrogen-bond donors (Lipinski definition) is 1. The SMILES string of the molecule is CNCCc1nnc(-c2ccc([N+](=O)[O-])c(C)c2)s1. The lowest BCUT2D eigenvalue weighted by molar-refractivity contribution is -0.385. The Balaban J connectivity index is 2.24. The highest BCUT2D eigenvalue weighted by molar-refractivity contribution is 7.14. The van der Waals surface area contributed by atoms with Crippen LogP contribution in [0, 0.1) is 17.0 Å². The van der Waals surface area contributed by atoms with E-state index >= 15 is 0 Å². The van der Waals surface area contributed by atoms with E-state index in [4.69, 9.17) is 0 Å². The lowest BCUT2D eigenvalue weighted by atomic mass is 10.1. The maximum absolute atomic E-state index is 10.8. The fourth-order valence-electron chi connectivity index (χ4n) is 1.70. The van der Waals surface area contributed by atoms with Crippen LogP contribution in [0.3, 0.4) is 0 Å². The molecule has 7 heteroatoms. The van der Waals surface area contributed by atoms with Crippen LogP contribution in [-0.2, 0) is 6.42 Å². The number of likely N-dealkylation sites (N-methyl/N-ethyl adjacent to an activating group) is 1. The van der Waals surface area contributed by atoms with Gasteiger partial charge in [0.05, 0.1) is 4.92 Å². The van der Waals surface area contributed by atoms with Crippen LogP contribution in [0.5, 0.6) is 0 Å². The lowest BCUT2D eigenvalue weighted by Crippen LogP contribution is -2.09. The van der Waals surface area contributed by atoms with E-state index in [0.29, 0.717) is 5.56 Å².